The number of carbonyl (C=O) groups is 2. The molecule has 1 aliphatic heterocycles. The summed E-state index contributed by atoms with van der Waals surface area (Å²) in [6.07, 6.45) is 0. The minimum atomic E-state index is -0.559. The molecule has 1 aliphatic rings. The van der Waals surface area contributed by atoms with E-state index in [1.54, 1.807) is 12.0 Å². The Bertz CT molecular complexity index is 525. The third-order valence-electron chi connectivity index (χ3n) is 3.93. The number of hydrogen-bond donors (Lipinski definition) is 1. The van der Waals surface area contributed by atoms with Crippen molar-refractivity contribution in [3.8, 4) is 5.75 Å². The van der Waals surface area contributed by atoms with Crippen LogP contribution < -0.4 is 10.1 Å². The first-order valence-electron chi connectivity index (χ1n) is 7.57. The number of likely N-dealkylation sites (N-methyl/N-ethyl adjacent to an activating group) is 1. The molecule has 0 bridgehead atoms. The molecule has 1 saturated heterocycles. The molecule has 120 valence electrons. The summed E-state index contributed by atoms with van der Waals surface area (Å²) >= 11 is 0. The molecule has 0 saturated carbocycles. The molecule has 1 aromatic carbocycles. The SMILES string of the molecule is CCN1CCN(C(=O)C(=O)NCc2ccccc2OC)CC1. The van der Waals surface area contributed by atoms with E-state index in [0.717, 1.165) is 25.2 Å². The highest BCUT2D eigenvalue weighted by Crippen LogP contribution is 2.16. The van der Waals surface area contributed by atoms with Gasteiger partial charge in [-0.25, -0.2) is 0 Å². The Morgan fingerprint density at radius 3 is 2.50 bits per heavy atom. The molecule has 6 nitrogen and oxygen atoms in total. The van der Waals surface area contributed by atoms with Crippen molar-refractivity contribution in [3.63, 3.8) is 0 Å². The van der Waals surface area contributed by atoms with Gasteiger partial charge in [0.2, 0.25) is 0 Å². The predicted octanol–water partition coefficient (Wildman–Crippen LogP) is 0.476. The van der Waals surface area contributed by atoms with Crippen LogP contribution in [0.3, 0.4) is 0 Å². The Morgan fingerprint density at radius 2 is 1.86 bits per heavy atom. The number of hydrogen-bond acceptors (Lipinski definition) is 4. The summed E-state index contributed by atoms with van der Waals surface area (Å²) in [6.45, 7) is 6.20. The van der Waals surface area contributed by atoms with E-state index in [2.05, 4.69) is 17.1 Å². The first-order chi connectivity index (χ1) is 10.7. The van der Waals surface area contributed by atoms with Crippen LogP contribution in [0, 0.1) is 0 Å². The quantitative estimate of drug-likeness (QED) is 0.822. The largest absolute Gasteiger partial charge is 0.496 e. The molecular weight excluding hydrogens is 282 g/mol. The van der Waals surface area contributed by atoms with Crippen molar-refractivity contribution in [1.82, 2.24) is 15.1 Å². The molecular formula is C16H23N3O3. The van der Waals surface area contributed by atoms with Gasteiger partial charge in [0.05, 0.1) is 7.11 Å². The minimum Gasteiger partial charge on any atom is -0.496 e. The number of piperazine rings is 1. The van der Waals surface area contributed by atoms with Crippen molar-refractivity contribution < 1.29 is 14.3 Å². The van der Waals surface area contributed by atoms with E-state index in [0.29, 0.717) is 18.8 Å². The zero-order valence-electron chi connectivity index (χ0n) is 13.2. The first kappa shape index (κ1) is 16.3. The van der Waals surface area contributed by atoms with Crippen LogP contribution in [0.1, 0.15) is 12.5 Å². The lowest BCUT2D eigenvalue weighted by Crippen LogP contribution is -2.52. The summed E-state index contributed by atoms with van der Waals surface area (Å²) in [5.74, 6) is -0.312. The van der Waals surface area contributed by atoms with Crippen molar-refractivity contribution >= 4 is 11.8 Å². The number of nitrogens with one attached hydrogen (secondary N) is 1. The Labute approximate surface area is 131 Å². The van der Waals surface area contributed by atoms with E-state index in [1.165, 1.54) is 0 Å². The van der Waals surface area contributed by atoms with Gasteiger partial charge in [-0.15, -0.1) is 0 Å². The summed E-state index contributed by atoms with van der Waals surface area (Å²) in [5.41, 5.74) is 0.849. The second kappa shape index (κ2) is 7.79. The molecule has 0 radical (unpaired) electrons. The van der Waals surface area contributed by atoms with Crippen molar-refractivity contribution in [2.75, 3.05) is 39.8 Å². The van der Waals surface area contributed by atoms with Gasteiger partial charge in [-0.1, -0.05) is 25.1 Å². The van der Waals surface area contributed by atoms with Gasteiger partial charge in [0.15, 0.2) is 0 Å². The average Bonchev–Trinajstić information content (AvgIpc) is 2.59. The standard InChI is InChI=1S/C16H23N3O3/c1-3-18-8-10-19(11-9-18)16(21)15(20)17-12-13-6-4-5-7-14(13)22-2/h4-7H,3,8-12H2,1-2H3,(H,17,20). The third-order valence-corrected chi connectivity index (χ3v) is 3.93. The van der Waals surface area contributed by atoms with E-state index >= 15 is 0 Å². The van der Waals surface area contributed by atoms with E-state index in [4.69, 9.17) is 4.74 Å². The topological polar surface area (TPSA) is 61.9 Å². The molecule has 2 amide bonds. The highest BCUT2D eigenvalue weighted by Gasteiger charge is 2.25. The van der Waals surface area contributed by atoms with Gasteiger partial charge in [0.1, 0.15) is 5.75 Å². The van der Waals surface area contributed by atoms with Crippen LogP contribution in [-0.2, 0) is 16.1 Å². The molecule has 0 spiro atoms. The molecule has 0 aliphatic carbocycles. The smallest absolute Gasteiger partial charge is 0.311 e. The predicted molar refractivity (Wildman–Crippen MR) is 83.5 cm³/mol. The van der Waals surface area contributed by atoms with Crippen LogP contribution in [-0.4, -0.2) is 61.4 Å². The third kappa shape index (κ3) is 3.98. The van der Waals surface area contributed by atoms with Crippen molar-refractivity contribution in [1.29, 1.82) is 0 Å². The Balaban J connectivity index is 1.85. The fourth-order valence-corrected chi connectivity index (χ4v) is 2.51. The summed E-state index contributed by atoms with van der Waals surface area (Å²) < 4.78 is 5.23. The maximum Gasteiger partial charge on any atom is 0.311 e. The van der Waals surface area contributed by atoms with E-state index in [9.17, 15) is 9.59 Å². The zero-order valence-corrected chi connectivity index (χ0v) is 13.2. The molecule has 0 aromatic heterocycles. The molecule has 22 heavy (non-hydrogen) atoms. The summed E-state index contributed by atoms with van der Waals surface area (Å²) in [7, 11) is 1.58. The number of methoxy groups -OCH3 is 1. The highest BCUT2D eigenvalue weighted by molar-refractivity contribution is 6.35. The van der Waals surface area contributed by atoms with Gasteiger partial charge in [-0.05, 0) is 12.6 Å². The maximum absolute atomic E-state index is 12.1. The molecule has 1 N–H and O–H groups in total. The van der Waals surface area contributed by atoms with Crippen molar-refractivity contribution in [3.05, 3.63) is 29.8 Å². The molecule has 1 aromatic rings. The van der Waals surface area contributed by atoms with Crippen LogP contribution in [0.25, 0.3) is 0 Å². The van der Waals surface area contributed by atoms with Crippen LogP contribution in [0.15, 0.2) is 24.3 Å². The second-order valence-electron chi connectivity index (χ2n) is 5.22. The highest BCUT2D eigenvalue weighted by atomic mass is 16.5. The van der Waals surface area contributed by atoms with Crippen LogP contribution >= 0.6 is 0 Å². The number of amides is 2. The maximum atomic E-state index is 12.1. The van der Waals surface area contributed by atoms with E-state index in [-0.39, 0.29) is 6.54 Å². The summed E-state index contributed by atoms with van der Waals surface area (Å²) in [5, 5.41) is 2.67. The fourth-order valence-electron chi connectivity index (χ4n) is 2.51. The molecule has 1 heterocycles. The van der Waals surface area contributed by atoms with Crippen molar-refractivity contribution in [2.24, 2.45) is 0 Å². The van der Waals surface area contributed by atoms with Gasteiger partial charge >= 0.3 is 11.8 Å². The van der Waals surface area contributed by atoms with Gasteiger partial charge in [0, 0.05) is 38.3 Å². The lowest BCUT2D eigenvalue weighted by Gasteiger charge is -2.33. The van der Waals surface area contributed by atoms with Crippen LogP contribution in [0.5, 0.6) is 5.75 Å². The lowest BCUT2D eigenvalue weighted by molar-refractivity contribution is -0.147. The monoisotopic (exact) mass is 305 g/mol. The van der Waals surface area contributed by atoms with Gasteiger partial charge in [-0.2, -0.15) is 0 Å². The summed E-state index contributed by atoms with van der Waals surface area (Å²) in [6, 6.07) is 7.43. The normalized spacial score (nSPS) is 15.5. The number of rotatable bonds is 4. The van der Waals surface area contributed by atoms with Gasteiger partial charge in [0.25, 0.3) is 0 Å². The molecule has 6 heteroatoms. The fraction of sp³-hybridized carbons (Fsp3) is 0.500. The second-order valence-corrected chi connectivity index (χ2v) is 5.22. The Kier molecular flexibility index (Phi) is 5.77. The van der Waals surface area contributed by atoms with E-state index in [1.807, 2.05) is 24.3 Å². The van der Waals surface area contributed by atoms with Crippen molar-refractivity contribution in [2.45, 2.75) is 13.5 Å². The lowest BCUT2D eigenvalue weighted by atomic mass is 10.2. The van der Waals surface area contributed by atoms with Gasteiger partial charge < -0.3 is 19.9 Å². The first-order valence-corrected chi connectivity index (χ1v) is 7.57. The molecule has 2 rings (SSSR count). The Morgan fingerprint density at radius 1 is 1.18 bits per heavy atom. The molecule has 1 fully saturated rings. The van der Waals surface area contributed by atoms with E-state index < -0.39 is 11.8 Å². The number of nitrogens with zero attached hydrogens (tertiary/aromatic N) is 2. The zero-order chi connectivity index (χ0) is 15.9. The van der Waals surface area contributed by atoms with Gasteiger partial charge in [-0.3, -0.25) is 9.59 Å². The minimum absolute atomic E-state index is 0.281. The number of carbonyl (C=O) groups excluding carboxylic acids is 2. The number of benzene rings is 1. The number of para-hydroxylation sites is 1. The summed E-state index contributed by atoms with van der Waals surface area (Å²) in [4.78, 5) is 28.0. The molecule has 0 atom stereocenters. The average molecular weight is 305 g/mol. The van der Waals surface area contributed by atoms with Crippen LogP contribution in [0.2, 0.25) is 0 Å². The number of ether oxygens (including phenoxy) is 1. The Hall–Kier alpha value is -2.08. The van der Waals surface area contributed by atoms with Crippen LogP contribution in [0.4, 0.5) is 0 Å². The molecule has 0 unspecified atom stereocenters.